The van der Waals surface area contributed by atoms with Gasteiger partial charge >= 0.3 is 0 Å². The first-order valence-electron chi connectivity index (χ1n) is 5.72. The fraction of sp³-hybridized carbons (Fsp3) is 0.0769. The maximum atomic E-state index is 13.5. The molecular weight excluding hydrogens is 247 g/mol. The molecule has 2 aromatic heterocycles. The van der Waals surface area contributed by atoms with Crippen LogP contribution in [0.5, 0.6) is 0 Å². The molecule has 0 atom stereocenters. The topological polar surface area (TPSA) is 62.7 Å². The van der Waals surface area contributed by atoms with Crippen LogP contribution in [0.15, 0.2) is 36.5 Å². The molecule has 0 aliphatic carbocycles. The second kappa shape index (κ2) is 4.24. The number of halogens is 1. The van der Waals surface area contributed by atoms with E-state index in [9.17, 15) is 9.18 Å². The van der Waals surface area contributed by atoms with Crippen LogP contribution in [0, 0.1) is 5.82 Å². The molecule has 0 spiro atoms. The van der Waals surface area contributed by atoms with Crippen molar-refractivity contribution in [1.82, 2.24) is 14.8 Å². The summed E-state index contributed by atoms with van der Waals surface area (Å²) in [6, 6.07) is 7.84. The Kier molecular flexibility index (Phi) is 2.56. The van der Waals surface area contributed by atoms with E-state index in [1.807, 2.05) is 0 Å². The van der Waals surface area contributed by atoms with E-state index in [1.165, 1.54) is 12.1 Å². The standard InChI is InChI=1S/C13H11FN4O/c1-18-6-5-12(17-18)16-13(19)11-7-8-9(14)3-2-4-10(8)15-11/h2-7,15H,1H3,(H,16,17,19). The molecule has 0 bridgehead atoms. The highest BCUT2D eigenvalue weighted by Crippen LogP contribution is 2.19. The number of hydrogen-bond donors (Lipinski definition) is 2. The number of aromatic amines is 1. The van der Waals surface area contributed by atoms with Crippen LogP contribution in [0.3, 0.4) is 0 Å². The van der Waals surface area contributed by atoms with Crippen molar-refractivity contribution in [1.29, 1.82) is 0 Å². The number of aryl methyl sites for hydroxylation is 1. The molecule has 96 valence electrons. The van der Waals surface area contributed by atoms with Crippen LogP contribution in [0.1, 0.15) is 10.5 Å². The number of carbonyl (C=O) groups is 1. The van der Waals surface area contributed by atoms with Crippen molar-refractivity contribution in [3.8, 4) is 0 Å². The Morgan fingerprint density at radius 2 is 2.26 bits per heavy atom. The average molecular weight is 258 g/mol. The Balaban J connectivity index is 1.91. The number of anilines is 1. The van der Waals surface area contributed by atoms with E-state index in [0.717, 1.165) is 0 Å². The van der Waals surface area contributed by atoms with Gasteiger partial charge in [-0.2, -0.15) is 5.10 Å². The zero-order chi connectivity index (χ0) is 13.4. The number of nitrogens with zero attached hydrogens (tertiary/aromatic N) is 2. The van der Waals surface area contributed by atoms with Gasteiger partial charge in [-0.25, -0.2) is 4.39 Å². The summed E-state index contributed by atoms with van der Waals surface area (Å²) in [6.45, 7) is 0. The molecule has 0 aliphatic heterocycles. The highest BCUT2D eigenvalue weighted by atomic mass is 19.1. The highest BCUT2D eigenvalue weighted by Gasteiger charge is 2.12. The fourth-order valence-electron chi connectivity index (χ4n) is 1.91. The normalized spacial score (nSPS) is 10.8. The molecule has 0 saturated heterocycles. The number of hydrogen-bond acceptors (Lipinski definition) is 2. The molecule has 2 N–H and O–H groups in total. The second-order valence-electron chi connectivity index (χ2n) is 4.21. The van der Waals surface area contributed by atoms with Crippen molar-refractivity contribution in [2.75, 3.05) is 5.32 Å². The molecule has 0 fully saturated rings. The van der Waals surface area contributed by atoms with E-state index in [1.54, 1.807) is 36.1 Å². The van der Waals surface area contributed by atoms with Crippen LogP contribution >= 0.6 is 0 Å². The van der Waals surface area contributed by atoms with E-state index in [2.05, 4.69) is 15.4 Å². The lowest BCUT2D eigenvalue weighted by atomic mass is 10.2. The monoisotopic (exact) mass is 258 g/mol. The predicted octanol–water partition coefficient (Wildman–Crippen LogP) is 2.29. The molecular formula is C13H11FN4O. The lowest BCUT2D eigenvalue weighted by molar-refractivity contribution is 0.102. The number of H-pyrrole nitrogens is 1. The summed E-state index contributed by atoms with van der Waals surface area (Å²) in [5.74, 6) is -0.258. The number of amides is 1. The molecule has 5 nitrogen and oxygen atoms in total. The first-order chi connectivity index (χ1) is 9.13. The minimum Gasteiger partial charge on any atom is -0.350 e. The highest BCUT2D eigenvalue weighted by molar-refractivity contribution is 6.05. The quantitative estimate of drug-likeness (QED) is 0.740. The van der Waals surface area contributed by atoms with Crippen LogP contribution in [0.4, 0.5) is 10.2 Å². The zero-order valence-corrected chi connectivity index (χ0v) is 10.1. The summed E-state index contributed by atoms with van der Waals surface area (Å²) < 4.78 is 15.1. The van der Waals surface area contributed by atoms with Gasteiger partial charge in [0.1, 0.15) is 11.5 Å². The Morgan fingerprint density at radius 1 is 1.42 bits per heavy atom. The maximum absolute atomic E-state index is 13.5. The number of benzene rings is 1. The molecule has 3 rings (SSSR count). The first kappa shape index (κ1) is 11.5. The Morgan fingerprint density at radius 3 is 2.95 bits per heavy atom. The van der Waals surface area contributed by atoms with Gasteiger partial charge in [-0.3, -0.25) is 9.48 Å². The molecule has 0 saturated carbocycles. The molecule has 1 aromatic carbocycles. The summed E-state index contributed by atoms with van der Waals surface area (Å²) in [5, 5.41) is 7.08. The zero-order valence-electron chi connectivity index (χ0n) is 10.1. The summed E-state index contributed by atoms with van der Waals surface area (Å²) in [6.07, 6.45) is 1.72. The van der Waals surface area contributed by atoms with E-state index in [-0.39, 0.29) is 11.7 Å². The third-order valence-electron chi connectivity index (χ3n) is 2.81. The smallest absolute Gasteiger partial charge is 0.273 e. The number of carbonyl (C=O) groups excluding carboxylic acids is 1. The number of rotatable bonds is 2. The molecule has 0 unspecified atom stereocenters. The molecule has 0 radical (unpaired) electrons. The molecule has 1 amide bonds. The number of nitrogens with one attached hydrogen (secondary N) is 2. The minimum absolute atomic E-state index is 0.297. The van der Waals surface area contributed by atoms with Crippen molar-refractivity contribution in [3.05, 3.63) is 48.0 Å². The van der Waals surface area contributed by atoms with Gasteiger partial charge in [0, 0.05) is 30.2 Å². The van der Waals surface area contributed by atoms with Gasteiger partial charge in [0.25, 0.3) is 5.91 Å². The van der Waals surface area contributed by atoms with Crippen molar-refractivity contribution >= 4 is 22.6 Å². The van der Waals surface area contributed by atoms with E-state index in [0.29, 0.717) is 22.4 Å². The van der Waals surface area contributed by atoms with Crippen LogP contribution < -0.4 is 5.32 Å². The fourth-order valence-corrected chi connectivity index (χ4v) is 1.91. The van der Waals surface area contributed by atoms with Gasteiger partial charge in [0.2, 0.25) is 0 Å². The van der Waals surface area contributed by atoms with Gasteiger partial charge in [-0.05, 0) is 18.2 Å². The summed E-state index contributed by atoms with van der Waals surface area (Å²) in [5.41, 5.74) is 0.886. The Bertz CT molecular complexity index is 759. The number of fused-ring (bicyclic) bond motifs is 1. The van der Waals surface area contributed by atoms with Gasteiger partial charge < -0.3 is 10.3 Å². The second-order valence-corrected chi connectivity index (χ2v) is 4.21. The van der Waals surface area contributed by atoms with Crippen LogP contribution in [-0.2, 0) is 7.05 Å². The summed E-state index contributed by atoms with van der Waals surface area (Å²) in [4.78, 5) is 14.9. The van der Waals surface area contributed by atoms with Gasteiger partial charge in [-0.15, -0.1) is 0 Å². The lowest BCUT2D eigenvalue weighted by Gasteiger charge is -1.98. The molecule has 19 heavy (non-hydrogen) atoms. The molecule has 0 aliphatic rings. The van der Waals surface area contributed by atoms with Gasteiger partial charge in [-0.1, -0.05) is 6.07 Å². The average Bonchev–Trinajstić information content (AvgIpc) is 2.96. The van der Waals surface area contributed by atoms with Crippen molar-refractivity contribution in [3.63, 3.8) is 0 Å². The Hall–Kier alpha value is -2.63. The van der Waals surface area contributed by atoms with E-state index in [4.69, 9.17) is 0 Å². The maximum Gasteiger partial charge on any atom is 0.273 e. The molecule has 2 heterocycles. The third-order valence-corrected chi connectivity index (χ3v) is 2.81. The van der Waals surface area contributed by atoms with Gasteiger partial charge in [0.05, 0.1) is 0 Å². The van der Waals surface area contributed by atoms with Crippen LogP contribution in [0.2, 0.25) is 0 Å². The van der Waals surface area contributed by atoms with E-state index < -0.39 is 0 Å². The van der Waals surface area contributed by atoms with E-state index >= 15 is 0 Å². The van der Waals surface area contributed by atoms with Crippen LogP contribution in [-0.4, -0.2) is 20.7 Å². The third kappa shape index (κ3) is 2.08. The SMILES string of the molecule is Cn1ccc(NC(=O)c2cc3c(F)cccc3[nH]2)n1. The van der Waals surface area contributed by atoms with Crippen molar-refractivity contribution in [2.24, 2.45) is 7.05 Å². The Labute approximate surface area is 108 Å². The largest absolute Gasteiger partial charge is 0.350 e. The lowest BCUT2D eigenvalue weighted by Crippen LogP contribution is -2.12. The first-order valence-corrected chi connectivity index (χ1v) is 5.72. The van der Waals surface area contributed by atoms with Crippen LogP contribution in [0.25, 0.3) is 10.9 Å². The van der Waals surface area contributed by atoms with Crippen molar-refractivity contribution in [2.45, 2.75) is 0 Å². The molecule has 6 heteroatoms. The summed E-state index contributed by atoms with van der Waals surface area (Å²) >= 11 is 0. The molecule has 3 aromatic rings. The van der Waals surface area contributed by atoms with Gasteiger partial charge in [0.15, 0.2) is 5.82 Å². The van der Waals surface area contributed by atoms with Crippen molar-refractivity contribution < 1.29 is 9.18 Å². The minimum atomic E-state index is -0.356. The predicted molar refractivity (Wildman–Crippen MR) is 69.4 cm³/mol. The number of aromatic nitrogens is 3. The summed E-state index contributed by atoms with van der Waals surface area (Å²) in [7, 11) is 1.76.